The summed E-state index contributed by atoms with van der Waals surface area (Å²) in [7, 11) is 0. The molecule has 1 fully saturated rings. The van der Waals surface area contributed by atoms with Gasteiger partial charge < -0.3 is 10.1 Å². The van der Waals surface area contributed by atoms with Crippen molar-refractivity contribution >= 4 is 16.6 Å². The van der Waals surface area contributed by atoms with Crippen LogP contribution in [-0.4, -0.2) is 23.7 Å². The summed E-state index contributed by atoms with van der Waals surface area (Å²) in [6, 6.07) is 10.8. The quantitative estimate of drug-likeness (QED) is 0.878. The highest BCUT2D eigenvalue weighted by molar-refractivity contribution is 5.90. The van der Waals surface area contributed by atoms with Crippen molar-refractivity contribution in [1.29, 1.82) is 0 Å². The van der Waals surface area contributed by atoms with Gasteiger partial charge in [0.05, 0.1) is 11.6 Å². The summed E-state index contributed by atoms with van der Waals surface area (Å²) < 4.78 is 5.58. The van der Waals surface area contributed by atoms with Crippen molar-refractivity contribution in [3.05, 3.63) is 36.5 Å². The van der Waals surface area contributed by atoms with Crippen molar-refractivity contribution in [2.75, 3.05) is 11.9 Å². The van der Waals surface area contributed by atoms with E-state index in [4.69, 9.17) is 4.74 Å². The molecule has 1 saturated heterocycles. The van der Waals surface area contributed by atoms with Gasteiger partial charge in [-0.25, -0.2) is 0 Å². The summed E-state index contributed by atoms with van der Waals surface area (Å²) in [5.74, 6) is 0. The standard InChI is InChI=1S/C15H18N2O/c1-11-10-12(7-9-18-11)17-15-6-8-16-14-5-3-2-4-13(14)15/h2-6,8,11-12H,7,9-10H2,1H3,(H,16,17). The molecule has 0 radical (unpaired) electrons. The molecule has 0 aliphatic carbocycles. The maximum Gasteiger partial charge on any atom is 0.0722 e. The van der Waals surface area contributed by atoms with Gasteiger partial charge >= 0.3 is 0 Å². The second-order valence-electron chi connectivity index (χ2n) is 4.92. The highest BCUT2D eigenvalue weighted by atomic mass is 16.5. The van der Waals surface area contributed by atoms with Crippen molar-refractivity contribution in [1.82, 2.24) is 4.98 Å². The predicted molar refractivity (Wildman–Crippen MR) is 73.8 cm³/mol. The van der Waals surface area contributed by atoms with Gasteiger partial charge in [0.2, 0.25) is 0 Å². The largest absolute Gasteiger partial charge is 0.382 e. The van der Waals surface area contributed by atoms with Crippen molar-refractivity contribution in [3.8, 4) is 0 Å². The van der Waals surface area contributed by atoms with Crippen molar-refractivity contribution in [3.63, 3.8) is 0 Å². The Morgan fingerprint density at radius 2 is 2.17 bits per heavy atom. The molecule has 18 heavy (non-hydrogen) atoms. The maximum atomic E-state index is 5.58. The molecular weight excluding hydrogens is 224 g/mol. The Balaban J connectivity index is 1.86. The number of nitrogens with one attached hydrogen (secondary N) is 1. The molecule has 3 rings (SSSR count). The normalized spacial score (nSPS) is 24.1. The van der Waals surface area contributed by atoms with Crippen molar-refractivity contribution in [2.24, 2.45) is 0 Å². The first-order valence-electron chi connectivity index (χ1n) is 6.55. The van der Waals surface area contributed by atoms with Crippen LogP contribution < -0.4 is 5.32 Å². The molecule has 0 bridgehead atoms. The van der Waals surface area contributed by atoms with Crippen LogP contribution in [0.5, 0.6) is 0 Å². The first kappa shape index (κ1) is 11.5. The summed E-state index contributed by atoms with van der Waals surface area (Å²) in [5.41, 5.74) is 2.22. The number of aromatic nitrogens is 1. The van der Waals surface area contributed by atoms with Crippen LogP contribution in [0.2, 0.25) is 0 Å². The number of rotatable bonds is 2. The van der Waals surface area contributed by atoms with Crippen LogP contribution in [-0.2, 0) is 4.74 Å². The van der Waals surface area contributed by atoms with E-state index in [0.29, 0.717) is 12.1 Å². The molecule has 1 aromatic carbocycles. The van der Waals surface area contributed by atoms with E-state index in [-0.39, 0.29) is 0 Å². The lowest BCUT2D eigenvalue weighted by molar-refractivity contribution is 0.0232. The average molecular weight is 242 g/mol. The summed E-state index contributed by atoms with van der Waals surface area (Å²) >= 11 is 0. The highest BCUT2D eigenvalue weighted by Crippen LogP contribution is 2.24. The summed E-state index contributed by atoms with van der Waals surface area (Å²) in [6.45, 7) is 2.99. The Labute approximate surface area is 107 Å². The summed E-state index contributed by atoms with van der Waals surface area (Å²) in [4.78, 5) is 4.39. The van der Waals surface area contributed by atoms with E-state index in [1.54, 1.807) is 0 Å². The van der Waals surface area contributed by atoms with Gasteiger partial charge in [-0.05, 0) is 31.9 Å². The number of anilines is 1. The van der Waals surface area contributed by atoms with Crippen LogP contribution in [0.4, 0.5) is 5.69 Å². The average Bonchev–Trinajstić information content (AvgIpc) is 2.39. The number of nitrogens with zero attached hydrogens (tertiary/aromatic N) is 1. The molecule has 0 amide bonds. The number of hydrogen-bond acceptors (Lipinski definition) is 3. The van der Waals surface area contributed by atoms with Gasteiger partial charge in [0.1, 0.15) is 0 Å². The van der Waals surface area contributed by atoms with E-state index in [9.17, 15) is 0 Å². The van der Waals surface area contributed by atoms with Gasteiger partial charge in [0, 0.05) is 29.9 Å². The SMILES string of the molecule is CC1CC(Nc2ccnc3ccccc23)CCO1. The Morgan fingerprint density at radius 1 is 1.28 bits per heavy atom. The molecule has 1 aromatic heterocycles. The lowest BCUT2D eigenvalue weighted by Gasteiger charge is -2.29. The van der Waals surface area contributed by atoms with Gasteiger partial charge in [-0.2, -0.15) is 0 Å². The lowest BCUT2D eigenvalue weighted by atomic mass is 10.0. The molecule has 1 aliphatic heterocycles. The minimum Gasteiger partial charge on any atom is -0.382 e. The fourth-order valence-corrected chi connectivity index (χ4v) is 2.57. The Hall–Kier alpha value is -1.61. The minimum absolute atomic E-state index is 0.351. The number of pyridine rings is 1. The number of hydrogen-bond donors (Lipinski definition) is 1. The van der Waals surface area contributed by atoms with E-state index >= 15 is 0 Å². The maximum absolute atomic E-state index is 5.58. The molecule has 3 nitrogen and oxygen atoms in total. The van der Waals surface area contributed by atoms with Gasteiger partial charge in [-0.1, -0.05) is 18.2 Å². The minimum atomic E-state index is 0.351. The van der Waals surface area contributed by atoms with Gasteiger partial charge in [-0.15, -0.1) is 0 Å². The van der Waals surface area contributed by atoms with E-state index < -0.39 is 0 Å². The zero-order valence-corrected chi connectivity index (χ0v) is 10.6. The zero-order chi connectivity index (χ0) is 12.4. The van der Waals surface area contributed by atoms with Crippen molar-refractivity contribution < 1.29 is 4.74 Å². The number of fused-ring (bicyclic) bond motifs is 1. The van der Waals surface area contributed by atoms with Crippen LogP contribution >= 0.6 is 0 Å². The molecule has 94 valence electrons. The fourth-order valence-electron chi connectivity index (χ4n) is 2.57. The number of ether oxygens (including phenoxy) is 1. The fraction of sp³-hybridized carbons (Fsp3) is 0.400. The Kier molecular flexibility index (Phi) is 3.15. The van der Waals surface area contributed by atoms with Gasteiger partial charge in [0.15, 0.2) is 0 Å². The molecule has 3 heteroatoms. The smallest absolute Gasteiger partial charge is 0.0722 e. The molecule has 0 saturated carbocycles. The van der Waals surface area contributed by atoms with Crippen LogP contribution in [0.1, 0.15) is 19.8 Å². The topological polar surface area (TPSA) is 34.2 Å². The van der Waals surface area contributed by atoms with E-state index in [0.717, 1.165) is 25.0 Å². The van der Waals surface area contributed by atoms with Crippen LogP contribution in [0.3, 0.4) is 0 Å². The van der Waals surface area contributed by atoms with E-state index in [1.165, 1.54) is 11.1 Å². The molecule has 2 unspecified atom stereocenters. The molecule has 1 aliphatic rings. The van der Waals surface area contributed by atoms with Gasteiger partial charge in [-0.3, -0.25) is 4.98 Å². The first-order chi connectivity index (χ1) is 8.83. The molecule has 2 aromatic rings. The van der Waals surface area contributed by atoms with Crippen LogP contribution in [0.15, 0.2) is 36.5 Å². The number of para-hydroxylation sites is 1. The molecule has 1 N–H and O–H groups in total. The monoisotopic (exact) mass is 242 g/mol. The van der Waals surface area contributed by atoms with Crippen molar-refractivity contribution in [2.45, 2.75) is 31.9 Å². The predicted octanol–water partition coefficient (Wildman–Crippen LogP) is 3.21. The number of benzene rings is 1. The third kappa shape index (κ3) is 2.31. The van der Waals surface area contributed by atoms with Gasteiger partial charge in [0.25, 0.3) is 0 Å². The third-order valence-corrected chi connectivity index (χ3v) is 3.49. The van der Waals surface area contributed by atoms with Crippen LogP contribution in [0, 0.1) is 0 Å². The van der Waals surface area contributed by atoms with Crippen LogP contribution in [0.25, 0.3) is 10.9 Å². The highest BCUT2D eigenvalue weighted by Gasteiger charge is 2.19. The zero-order valence-electron chi connectivity index (χ0n) is 10.6. The third-order valence-electron chi connectivity index (χ3n) is 3.49. The lowest BCUT2D eigenvalue weighted by Crippen LogP contribution is -2.32. The second kappa shape index (κ2) is 4.94. The Morgan fingerprint density at radius 3 is 3.06 bits per heavy atom. The summed E-state index contributed by atoms with van der Waals surface area (Å²) in [5, 5.41) is 4.83. The Bertz CT molecular complexity index is 536. The second-order valence-corrected chi connectivity index (χ2v) is 4.92. The van der Waals surface area contributed by atoms with E-state index in [1.807, 2.05) is 18.3 Å². The molecule has 0 spiro atoms. The molecule has 2 heterocycles. The summed E-state index contributed by atoms with van der Waals surface area (Å²) in [6.07, 6.45) is 4.36. The van der Waals surface area contributed by atoms with E-state index in [2.05, 4.69) is 35.4 Å². The molecule has 2 atom stereocenters. The first-order valence-corrected chi connectivity index (χ1v) is 6.55. The molecular formula is C15H18N2O.